The Morgan fingerprint density at radius 2 is 2.08 bits per heavy atom. The lowest BCUT2D eigenvalue weighted by molar-refractivity contribution is -0.196. The van der Waals surface area contributed by atoms with E-state index in [0.717, 1.165) is 17.0 Å². The molecule has 1 aromatic heterocycles. The molecule has 1 aliphatic carbocycles. The molecular formula is C18H18N2O4S2. The Labute approximate surface area is 159 Å². The Kier molecular flexibility index (Phi) is 5.83. The summed E-state index contributed by atoms with van der Waals surface area (Å²) in [5.41, 5.74) is 0.815. The molecule has 0 spiro atoms. The fourth-order valence-corrected chi connectivity index (χ4v) is 4.72. The second-order valence-electron chi connectivity index (χ2n) is 6.19. The second-order valence-corrected chi connectivity index (χ2v) is 8.87. The predicted molar refractivity (Wildman–Crippen MR) is 99.7 cm³/mol. The molecule has 2 aliphatic rings. The number of rotatable bonds is 6. The highest BCUT2D eigenvalue weighted by Crippen LogP contribution is 2.44. The van der Waals surface area contributed by atoms with Crippen LogP contribution in [0.3, 0.4) is 0 Å². The molecule has 1 fully saturated rings. The summed E-state index contributed by atoms with van der Waals surface area (Å²) in [5.74, 6) is -1.54. The molecule has 8 heteroatoms. The van der Waals surface area contributed by atoms with E-state index in [0.29, 0.717) is 5.06 Å². The topological polar surface area (TPSA) is 76.6 Å². The predicted octanol–water partition coefficient (Wildman–Crippen LogP) is 3.46. The minimum Gasteiger partial charge on any atom is -0.330 e. The van der Waals surface area contributed by atoms with Crippen LogP contribution in [0.15, 0.2) is 53.2 Å². The zero-order chi connectivity index (χ0) is 18.6. The highest BCUT2D eigenvalue weighted by molar-refractivity contribution is 8.77. The molecule has 0 N–H and O–H groups in total. The van der Waals surface area contributed by atoms with Crippen LogP contribution in [0, 0.1) is 0 Å². The quantitative estimate of drug-likeness (QED) is 0.544. The number of amides is 2. The summed E-state index contributed by atoms with van der Waals surface area (Å²) in [6.45, 7) is 2.12. The molecule has 0 bridgehead atoms. The van der Waals surface area contributed by atoms with Crippen molar-refractivity contribution in [2.75, 3.05) is 0 Å². The van der Waals surface area contributed by atoms with Gasteiger partial charge >= 0.3 is 5.97 Å². The summed E-state index contributed by atoms with van der Waals surface area (Å²) >= 11 is 0. The highest BCUT2D eigenvalue weighted by atomic mass is 33.1. The molecule has 1 saturated heterocycles. The number of pyridine rings is 1. The van der Waals surface area contributed by atoms with Crippen molar-refractivity contribution >= 4 is 39.4 Å². The van der Waals surface area contributed by atoms with Gasteiger partial charge in [0.1, 0.15) is 5.03 Å². The van der Waals surface area contributed by atoms with Gasteiger partial charge in [-0.3, -0.25) is 9.59 Å². The van der Waals surface area contributed by atoms with E-state index in [-0.39, 0.29) is 24.0 Å². The number of carbonyl (C=O) groups excluding carboxylic acids is 3. The standard InChI is InChI=1S/C18H18N2O4S2/c1-18(26-25-14-4-2-3-11-19-14)9-7-13(8-10-18)12-17(23)24-20-15(21)5-6-16(20)22/h2-4,7-9,11H,5-6,10,12H2,1H3. The third kappa shape index (κ3) is 4.76. The van der Waals surface area contributed by atoms with Crippen LogP contribution in [0.5, 0.6) is 0 Å². The Morgan fingerprint density at radius 3 is 2.69 bits per heavy atom. The van der Waals surface area contributed by atoms with Crippen LogP contribution in [-0.2, 0) is 19.2 Å². The van der Waals surface area contributed by atoms with Gasteiger partial charge in [0.15, 0.2) is 0 Å². The average Bonchev–Trinajstić information content (AvgIpc) is 2.95. The van der Waals surface area contributed by atoms with Crippen LogP contribution in [0.25, 0.3) is 0 Å². The molecule has 1 aromatic rings. The SMILES string of the molecule is CC1(SSc2ccccn2)C=CC(CC(=O)ON2C(=O)CCC2=O)=CC1. The van der Waals surface area contributed by atoms with Crippen molar-refractivity contribution in [2.24, 2.45) is 0 Å². The van der Waals surface area contributed by atoms with Crippen LogP contribution < -0.4 is 0 Å². The molecular weight excluding hydrogens is 372 g/mol. The van der Waals surface area contributed by atoms with Crippen LogP contribution in [0.1, 0.15) is 32.6 Å². The van der Waals surface area contributed by atoms with Gasteiger partial charge in [0.25, 0.3) is 11.8 Å². The van der Waals surface area contributed by atoms with E-state index in [1.165, 1.54) is 0 Å². The summed E-state index contributed by atoms with van der Waals surface area (Å²) in [6, 6.07) is 5.80. The Hall–Kier alpha value is -2.06. The van der Waals surface area contributed by atoms with Crippen molar-refractivity contribution in [1.82, 2.24) is 10.0 Å². The first-order valence-corrected chi connectivity index (χ1v) is 10.3. The number of hydroxylamine groups is 2. The fourth-order valence-electron chi connectivity index (χ4n) is 2.44. The van der Waals surface area contributed by atoms with E-state index in [1.54, 1.807) is 27.8 Å². The zero-order valence-corrected chi connectivity index (χ0v) is 15.8. The third-order valence-corrected chi connectivity index (χ3v) is 7.01. The van der Waals surface area contributed by atoms with Crippen molar-refractivity contribution in [3.8, 4) is 0 Å². The van der Waals surface area contributed by atoms with Crippen LogP contribution >= 0.6 is 21.6 Å². The molecule has 136 valence electrons. The van der Waals surface area contributed by atoms with E-state index in [9.17, 15) is 14.4 Å². The van der Waals surface area contributed by atoms with Gasteiger partial charge in [-0.15, -0.1) is 5.06 Å². The number of carbonyl (C=O) groups is 3. The molecule has 0 aromatic carbocycles. The van der Waals surface area contributed by atoms with Gasteiger partial charge in [0.2, 0.25) is 0 Å². The third-order valence-electron chi connectivity index (χ3n) is 3.92. The number of allylic oxidation sites excluding steroid dienone is 2. The molecule has 1 unspecified atom stereocenters. The van der Waals surface area contributed by atoms with Crippen molar-refractivity contribution in [3.05, 3.63) is 48.2 Å². The maximum Gasteiger partial charge on any atom is 0.337 e. The summed E-state index contributed by atoms with van der Waals surface area (Å²) in [5, 5.41) is 1.53. The molecule has 1 aliphatic heterocycles. The first kappa shape index (κ1) is 18.7. The first-order chi connectivity index (χ1) is 12.5. The number of imide groups is 1. The van der Waals surface area contributed by atoms with E-state index >= 15 is 0 Å². The zero-order valence-electron chi connectivity index (χ0n) is 14.2. The molecule has 2 amide bonds. The van der Waals surface area contributed by atoms with E-state index in [1.807, 2.05) is 30.4 Å². The fraction of sp³-hybridized carbons (Fsp3) is 0.333. The Bertz CT molecular complexity index is 763. The van der Waals surface area contributed by atoms with Gasteiger partial charge in [-0.2, -0.15) is 0 Å². The monoisotopic (exact) mass is 390 g/mol. The molecule has 26 heavy (non-hydrogen) atoms. The smallest absolute Gasteiger partial charge is 0.330 e. The van der Waals surface area contributed by atoms with Crippen LogP contribution in [0.2, 0.25) is 0 Å². The molecule has 1 atom stereocenters. The van der Waals surface area contributed by atoms with Crippen molar-refractivity contribution in [1.29, 1.82) is 0 Å². The second kappa shape index (κ2) is 8.09. The van der Waals surface area contributed by atoms with Crippen molar-refractivity contribution in [3.63, 3.8) is 0 Å². The van der Waals surface area contributed by atoms with Gasteiger partial charge in [-0.1, -0.05) is 35.1 Å². The maximum absolute atomic E-state index is 12.0. The lowest BCUT2D eigenvalue weighted by Gasteiger charge is -2.26. The number of hydrogen-bond donors (Lipinski definition) is 0. The maximum atomic E-state index is 12.0. The van der Waals surface area contributed by atoms with Crippen LogP contribution in [-0.4, -0.2) is 32.6 Å². The van der Waals surface area contributed by atoms with Gasteiger partial charge < -0.3 is 4.84 Å². The summed E-state index contributed by atoms with van der Waals surface area (Å²) in [7, 11) is 3.32. The van der Waals surface area contributed by atoms with Crippen LogP contribution in [0.4, 0.5) is 0 Å². The molecule has 3 rings (SSSR count). The molecule has 6 nitrogen and oxygen atoms in total. The van der Waals surface area contributed by atoms with Crippen molar-refractivity contribution < 1.29 is 19.2 Å². The lowest BCUT2D eigenvalue weighted by Crippen LogP contribution is -2.32. The summed E-state index contributed by atoms with van der Waals surface area (Å²) in [6.07, 6.45) is 8.69. The lowest BCUT2D eigenvalue weighted by atomic mass is 9.96. The van der Waals surface area contributed by atoms with E-state index in [2.05, 4.69) is 18.0 Å². The van der Waals surface area contributed by atoms with Gasteiger partial charge in [-0.25, -0.2) is 9.78 Å². The Morgan fingerprint density at radius 1 is 1.31 bits per heavy atom. The molecule has 0 saturated carbocycles. The molecule has 2 heterocycles. The summed E-state index contributed by atoms with van der Waals surface area (Å²) in [4.78, 5) is 44.1. The normalized spacial score (nSPS) is 22.5. The number of nitrogens with zero attached hydrogens (tertiary/aromatic N) is 2. The van der Waals surface area contributed by atoms with Crippen molar-refractivity contribution in [2.45, 2.75) is 42.4 Å². The average molecular weight is 390 g/mol. The highest BCUT2D eigenvalue weighted by Gasteiger charge is 2.33. The van der Waals surface area contributed by atoms with Gasteiger partial charge in [-0.05, 0) is 41.8 Å². The number of hydrogen-bond acceptors (Lipinski definition) is 7. The Balaban J connectivity index is 1.49. The van der Waals surface area contributed by atoms with Gasteiger partial charge in [0, 0.05) is 23.8 Å². The summed E-state index contributed by atoms with van der Waals surface area (Å²) < 4.78 is -0.101. The van der Waals surface area contributed by atoms with E-state index in [4.69, 9.17) is 4.84 Å². The minimum absolute atomic E-state index is 0.0295. The largest absolute Gasteiger partial charge is 0.337 e. The van der Waals surface area contributed by atoms with Gasteiger partial charge in [0.05, 0.1) is 6.42 Å². The first-order valence-electron chi connectivity index (χ1n) is 8.17. The molecule has 0 radical (unpaired) electrons. The minimum atomic E-state index is -0.608. The van der Waals surface area contributed by atoms with E-state index < -0.39 is 17.8 Å². The number of aromatic nitrogens is 1.